The van der Waals surface area contributed by atoms with E-state index in [0.717, 1.165) is 18.4 Å². The van der Waals surface area contributed by atoms with Crippen molar-refractivity contribution in [1.29, 1.82) is 0 Å². The standard InChI is InChI=1S/C14H18N2O3/c1-9-2-5-11(12(17)8-9)14(19)16-7-6-15-13(18)10-3-4-10/h2,5,8,10,17H,3-4,6-7H2,1H3,(H,15,18)(H,16,19). The van der Waals surface area contributed by atoms with Gasteiger partial charge in [-0.05, 0) is 37.5 Å². The molecule has 5 heteroatoms. The maximum Gasteiger partial charge on any atom is 0.255 e. The number of aryl methyl sites for hydroxylation is 1. The Balaban J connectivity index is 1.75. The van der Waals surface area contributed by atoms with Crippen molar-refractivity contribution in [2.75, 3.05) is 13.1 Å². The number of phenols is 1. The highest BCUT2D eigenvalue weighted by molar-refractivity contribution is 5.96. The van der Waals surface area contributed by atoms with Crippen LogP contribution in [-0.2, 0) is 4.79 Å². The van der Waals surface area contributed by atoms with Gasteiger partial charge in [-0.1, -0.05) is 6.07 Å². The number of carbonyl (C=O) groups is 2. The topological polar surface area (TPSA) is 78.4 Å². The van der Waals surface area contributed by atoms with E-state index in [1.165, 1.54) is 0 Å². The number of aromatic hydroxyl groups is 1. The summed E-state index contributed by atoms with van der Waals surface area (Å²) in [6, 6.07) is 4.90. The van der Waals surface area contributed by atoms with E-state index in [2.05, 4.69) is 10.6 Å². The Bertz CT molecular complexity index is 495. The van der Waals surface area contributed by atoms with Gasteiger partial charge in [0.15, 0.2) is 0 Å². The molecule has 0 aliphatic heterocycles. The second-order valence-corrected chi connectivity index (χ2v) is 4.84. The summed E-state index contributed by atoms with van der Waals surface area (Å²) < 4.78 is 0. The minimum Gasteiger partial charge on any atom is -0.507 e. The van der Waals surface area contributed by atoms with Crippen LogP contribution < -0.4 is 10.6 Å². The van der Waals surface area contributed by atoms with Crippen LogP contribution in [0.2, 0.25) is 0 Å². The third-order valence-corrected chi connectivity index (χ3v) is 3.06. The van der Waals surface area contributed by atoms with E-state index in [0.29, 0.717) is 13.1 Å². The lowest BCUT2D eigenvalue weighted by atomic mass is 10.1. The monoisotopic (exact) mass is 262 g/mol. The first kappa shape index (κ1) is 13.4. The first-order valence-electron chi connectivity index (χ1n) is 6.43. The van der Waals surface area contributed by atoms with E-state index in [4.69, 9.17) is 0 Å². The Hall–Kier alpha value is -2.04. The number of hydrogen-bond donors (Lipinski definition) is 3. The second kappa shape index (κ2) is 5.73. The van der Waals surface area contributed by atoms with E-state index in [1.54, 1.807) is 18.2 Å². The molecule has 0 saturated heterocycles. The molecule has 0 aromatic heterocycles. The summed E-state index contributed by atoms with van der Waals surface area (Å²) in [5.74, 6) is -0.123. The van der Waals surface area contributed by atoms with Crippen LogP contribution in [-0.4, -0.2) is 30.0 Å². The number of benzene rings is 1. The third-order valence-electron chi connectivity index (χ3n) is 3.06. The predicted octanol–water partition coefficient (Wildman–Crippen LogP) is 0.957. The van der Waals surface area contributed by atoms with Gasteiger partial charge < -0.3 is 15.7 Å². The number of carbonyl (C=O) groups excluding carboxylic acids is 2. The van der Waals surface area contributed by atoms with E-state index >= 15 is 0 Å². The molecule has 3 N–H and O–H groups in total. The van der Waals surface area contributed by atoms with Gasteiger partial charge in [0.25, 0.3) is 5.91 Å². The number of amides is 2. The number of nitrogens with one attached hydrogen (secondary N) is 2. The third kappa shape index (κ3) is 3.71. The largest absolute Gasteiger partial charge is 0.507 e. The Morgan fingerprint density at radius 1 is 1.26 bits per heavy atom. The SMILES string of the molecule is Cc1ccc(C(=O)NCCNC(=O)C2CC2)c(O)c1. The molecule has 0 unspecified atom stereocenters. The van der Waals surface area contributed by atoms with Gasteiger partial charge in [0, 0.05) is 19.0 Å². The second-order valence-electron chi connectivity index (χ2n) is 4.84. The molecular formula is C14H18N2O3. The van der Waals surface area contributed by atoms with E-state index < -0.39 is 0 Å². The van der Waals surface area contributed by atoms with Crippen molar-refractivity contribution in [3.63, 3.8) is 0 Å². The number of phenolic OH excluding ortho intramolecular Hbond substituents is 1. The highest BCUT2D eigenvalue weighted by Crippen LogP contribution is 2.28. The zero-order valence-electron chi connectivity index (χ0n) is 10.9. The van der Waals surface area contributed by atoms with Crippen molar-refractivity contribution in [2.45, 2.75) is 19.8 Å². The van der Waals surface area contributed by atoms with Crippen molar-refractivity contribution in [1.82, 2.24) is 10.6 Å². The van der Waals surface area contributed by atoms with Crippen molar-refractivity contribution in [3.05, 3.63) is 29.3 Å². The molecule has 0 spiro atoms. The summed E-state index contributed by atoms with van der Waals surface area (Å²) >= 11 is 0. The predicted molar refractivity (Wildman–Crippen MR) is 70.9 cm³/mol. The number of hydrogen-bond acceptors (Lipinski definition) is 3. The quantitative estimate of drug-likeness (QED) is 0.691. The lowest BCUT2D eigenvalue weighted by Crippen LogP contribution is -2.35. The highest BCUT2D eigenvalue weighted by atomic mass is 16.3. The molecule has 2 rings (SSSR count). The van der Waals surface area contributed by atoms with Crippen molar-refractivity contribution in [2.24, 2.45) is 5.92 Å². The average molecular weight is 262 g/mol. The molecule has 1 saturated carbocycles. The summed E-state index contributed by atoms with van der Waals surface area (Å²) in [5, 5.41) is 15.1. The Morgan fingerprint density at radius 3 is 2.58 bits per heavy atom. The molecule has 19 heavy (non-hydrogen) atoms. The van der Waals surface area contributed by atoms with Gasteiger partial charge in [-0.2, -0.15) is 0 Å². The molecule has 1 aromatic rings. The van der Waals surface area contributed by atoms with E-state index in [-0.39, 0.29) is 29.0 Å². The fourth-order valence-corrected chi connectivity index (χ4v) is 1.78. The highest BCUT2D eigenvalue weighted by Gasteiger charge is 2.28. The number of rotatable bonds is 5. The van der Waals surface area contributed by atoms with Gasteiger partial charge in [0.05, 0.1) is 5.56 Å². The van der Waals surface area contributed by atoms with Gasteiger partial charge in [-0.15, -0.1) is 0 Å². The molecule has 102 valence electrons. The zero-order chi connectivity index (χ0) is 13.8. The summed E-state index contributed by atoms with van der Waals surface area (Å²) in [6.45, 7) is 2.60. The first-order valence-corrected chi connectivity index (χ1v) is 6.43. The molecular weight excluding hydrogens is 244 g/mol. The maximum absolute atomic E-state index is 11.8. The van der Waals surface area contributed by atoms with Gasteiger partial charge in [-0.25, -0.2) is 0 Å². The first-order chi connectivity index (χ1) is 9.08. The Kier molecular flexibility index (Phi) is 4.04. The van der Waals surface area contributed by atoms with Crippen molar-refractivity contribution in [3.8, 4) is 5.75 Å². The smallest absolute Gasteiger partial charge is 0.255 e. The fraction of sp³-hybridized carbons (Fsp3) is 0.429. The molecule has 1 fully saturated rings. The normalized spacial score (nSPS) is 13.9. The molecule has 0 radical (unpaired) electrons. The summed E-state index contributed by atoms with van der Waals surface area (Å²) in [5.41, 5.74) is 1.14. The molecule has 1 aliphatic rings. The lowest BCUT2D eigenvalue weighted by Gasteiger charge is -2.08. The maximum atomic E-state index is 11.8. The van der Waals surface area contributed by atoms with Gasteiger partial charge >= 0.3 is 0 Å². The van der Waals surface area contributed by atoms with Crippen LogP contribution in [0.1, 0.15) is 28.8 Å². The molecule has 5 nitrogen and oxygen atoms in total. The molecule has 1 aromatic carbocycles. The fourth-order valence-electron chi connectivity index (χ4n) is 1.78. The minimum atomic E-state index is -0.335. The van der Waals surface area contributed by atoms with Crippen molar-refractivity contribution < 1.29 is 14.7 Å². The average Bonchev–Trinajstić information content (AvgIpc) is 3.18. The van der Waals surface area contributed by atoms with Gasteiger partial charge in [0.1, 0.15) is 5.75 Å². The van der Waals surface area contributed by atoms with Crippen LogP contribution in [0.3, 0.4) is 0 Å². The van der Waals surface area contributed by atoms with E-state index in [1.807, 2.05) is 6.92 Å². The molecule has 1 aliphatic carbocycles. The Morgan fingerprint density at radius 2 is 1.95 bits per heavy atom. The molecule has 0 atom stereocenters. The van der Waals surface area contributed by atoms with Crippen molar-refractivity contribution >= 4 is 11.8 Å². The minimum absolute atomic E-state index is 0.0282. The van der Waals surface area contributed by atoms with Crippen LogP contribution in [0.15, 0.2) is 18.2 Å². The molecule has 0 bridgehead atoms. The summed E-state index contributed by atoms with van der Waals surface area (Å²) in [6.07, 6.45) is 1.94. The zero-order valence-corrected chi connectivity index (χ0v) is 10.9. The molecule has 0 heterocycles. The van der Waals surface area contributed by atoms with Gasteiger partial charge in [0.2, 0.25) is 5.91 Å². The van der Waals surface area contributed by atoms with Gasteiger partial charge in [-0.3, -0.25) is 9.59 Å². The molecule has 2 amide bonds. The van der Waals surface area contributed by atoms with Crippen LogP contribution >= 0.6 is 0 Å². The van der Waals surface area contributed by atoms with Crippen LogP contribution in [0.5, 0.6) is 5.75 Å². The van der Waals surface area contributed by atoms with E-state index in [9.17, 15) is 14.7 Å². The van der Waals surface area contributed by atoms with Crippen LogP contribution in [0.4, 0.5) is 0 Å². The lowest BCUT2D eigenvalue weighted by molar-refractivity contribution is -0.122. The Labute approximate surface area is 112 Å². The summed E-state index contributed by atoms with van der Waals surface area (Å²) in [4.78, 5) is 23.1. The summed E-state index contributed by atoms with van der Waals surface area (Å²) in [7, 11) is 0. The van der Waals surface area contributed by atoms with Crippen LogP contribution in [0, 0.1) is 12.8 Å². The van der Waals surface area contributed by atoms with Crippen LogP contribution in [0.25, 0.3) is 0 Å².